The molecule has 4 rings (SSSR count). The van der Waals surface area contributed by atoms with Crippen molar-refractivity contribution >= 4 is 17.4 Å². The fourth-order valence-corrected chi connectivity index (χ4v) is 3.59. The van der Waals surface area contributed by atoms with Crippen LogP contribution in [0.25, 0.3) is 0 Å². The molecule has 0 radical (unpaired) electrons. The second kappa shape index (κ2) is 5.67. The minimum atomic E-state index is -0.498. The molecule has 0 aliphatic carbocycles. The SMILES string of the molecule is CCOC(=O)C1=NO[C@@H]2Nc3ccccc3[C@]2(c2ccccc2)C1. The first kappa shape index (κ1) is 14.8. The van der Waals surface area contributed by atoms with E-state index < -0.39 is 11.4 Å². The standard InChI is InChI=1S/C19H18N2O3/c1-2-23-17(22)16-12-19(13-8-4-3-5-9-13)14-10-6-7-11-15(14)20-18(19)24-21-16/h3-11,18,20H,2,12H2,1H3/t18-,19+/m0/s1. The van der Waals surface area contributed by atoms with E-state index in [2.05, 4.69) is 28.7 Å². The topological polar surface area (TPSA) is 59.9 Å². The predicted octanol–water partition coefficient (Wildman–Crippen LogP) is 3.06. The highest BCUT2D eigenvalue weighted by molar-refractivity contribution is 6.36. The van der Waals surface area contributed by atoms with Gasteiger partial charge in [0.2, 0.25) is 6.23 Å². The Balaban J connectivity index is 1.85. The summed E-state index contributed by atoms with van der Waals surface area (Å²) in [6.07, 6.45) is 0.0836. The fraction of sp³-hybridized carbons (Fsp3) is 0.263. The van der Waals surface area contributed by atoms with E-state index in [9.17, 15) is 4.79 Å². The molecule has 0 amide bonds. The third kappa shape index (κ3) is 2.08. The molecule has 5 nitrogen and oxygen atoms in total. The molecule has 0 saturated heterocycles. The normalized spacial score (nSPS) is 24.0. The van der Waals surface area contributed by atoms with Crippen LogP contribution < -0.4 is 5.32 Å². The first-order valence-electron chi connectivity index (χ1n) is 8.07. The van der Waals surface area contributed by atoms with Crippen LogP contribution in [0.5, 0.6) is 0 Å². The van der Waals surface area contributed by atoms with Crippen LogP contribution in [0.2, 0.25) is 0 Å². The number of rotatable bonds is 3. The Labute approximate surface area is 140 Å². The van der Waals surface area contributed by atoms with Crippen LogP contribution in [0, 0.1) is 0 Å². The van der Waals surface area contributed by atoms with Crippen LogP contribution in [0.15, 0.2) is 59.8 Å². The second-order valence-electron chi connectivity index (χ2n) is 5.95. The number of fused-ring (bicyclic) bond motifs is 3. The molecule has 5 heteroatoms. The molecule has 0 fully saturated rings. The van der Waals surface area contributed by atoms with Gasteiger partial charge >= 0.3 is 5.97 Å². The molecule has 2 aromatic rings. The highest BCUT2D eigenvalue weighted by Gasteiger charge is 2.54. The Hall–Kier alpha value is -2.82. The van der Waals surface area contributed by atoms with Gasteiger partial charge < -0.3 is 14.9 Å². The van der Waals surface area contributed by atoms with Crippen molar-refractivity contribution in [3.05, 3.63) is 65.7 Å². The summed E-state index contributed by atoms with van der Waals surface area (Å²) in [5.74, 6) is -0.421. The number of hydrogen-bond donors (Lipinski definition) is 1. The molecule has 0 aromatic heterocycles. The highest BCUT2D eigenvalue weighted by Crippen LogP contribution is 2.50. The van der Waals surface area contributed by atoms with Gasteiger partial charge in [-0.15, -0.1) is 0 Å². The Morgan fingerprint density at radius 3 is 2.79 bits per heavy atom. The number of benzene rings is 2. The number of carbonyl (C=O) groups is 1. The quantitative estimate of drug-likeness (QED) is 0.882. The van der Waals surface area contributed by atoms with Crippen molar-refractivity contribution in [3.8, 4) is 0 Å². The lowest BCUT2D eigenvalue weighted by molar-refractivity contribution is -0.136. The van der Waals surface area contributed by atoms with Gasteiger partial charge in [0.25, 0.3) is 0 Å². The van der Waals surface area contributed by atoms with Crippen molar-refractivity contribution in [2.45, 2.75) is 25.0 Å². The highest BCUT2D eigenvalue weighted by atomic mass is 16.7. The van der Waals surface area contributed by atoms with E-state index in [0.29, 0.717) is 18.7 Å². The molecule has 2 aliphatic rings. The largest absolute Gasteiger partial charge is 0.461 e. The van der Waals surface area contributed by atoms with Gasteiger partial charge in [-0.3, -0.25) is 0 Å². The van der Waals surface area contributed by atoms with Crippen LogP contribution in [-0.2, 0) is 19.8 Å². The van der Waals surface area contributed by atoms with Crippen LogP contribution in [0.3, 0.4) is 0 Å². The zero-order chi connectivity index (χ0) is 16.6. The van der Waals surface area contributed by atoms with E-state index >= 15 is 0 Å². The summed E-state index contributed by atoms with van der Waals surface area (Å²) in [5, 5.41) is 7.41. The maximum atomic E-state index is 12.2. The van der Waals surface area contributed by atoms with Gasteiger partial charge in [0.1, 0.15) is 0 Å². The number of carbonyl (C=O) groups excluding carboxylic acids is 1. The van der Waals surface area contributed by atoms with E-state index in [1.165, 1.54) is 0 Å². The van der Waals surface area contributed by atoms with E-state index in [1.54, 1.807) is 6.92 Å². The van der Waals surface area contributed by atoms with E-state index in [4.69, 9.17) is 9.57 Å². The monoisotopic (exact) mass is 322 g/mol. The minimum Gasteiger partial charge on any atom is -0.461 e. The minimum absolute atomic E-state index is 0.314. The lowest BCUT2D eigenvalue weighted by Gasteiger charge is -2.37. The molecule has 2 heterocycles. The molecule has 2 aliphatic heterocycles. The second-order valence-corrected chi connectivity index (χ2v) is 5.95. The van der Waals surface area contributed by atoms with E-state index in [0.717, 1.165) is 16.8 Å². The first-order valence-corrected chi connectivity index (χ1v) is 8.07. The number of hydrogen-bond acceptors (Lipinski definition) is 5. The summed E-state index contributed by atoms with van der Waals surface area (Å²) >= 11 is 0. The Morgan fingerprint density at radius 2 is 2.00 bits per heavy atom. The maximum Gasteiger partial charge on any atom is 0.356 e. The molecule has 0 spiro atoms. The van der Waals surface area contributed by atoms with Crippen molar-refractivity contribution < 1.29 is 14.4 Å². The van der Waals surface area contributed by atoms with Gasteiger partial charge in [-0.05, 0) is 24.1 Å². The van der Waals surface area contributed by atoms with Crippen LogP contribution in [0.4, 0.5) is 5.69 Å². The van der Waals surface area contributed by atoms with E-state index in [-0.39, 0.29) is 6.23 Å². The third-order valence-electron chi connectivity index (χ3n) is 4.66. The number of nitrogens with one attached hydrogen (secondary N) is 1. The molecular formula is C19H18N2O3. The van der Waals surface area contributed by atoms with Gasteiger partial charge in [0.05, 0.1) is 12.0 Å². The maximum absolute atomic E-state index is 12.2. The first-order chi connectivity index (χ1) is 11.8. The van der Waals surface area contributed by atoms with Crippen molar-refractivity contribution in [1.82, 2.24) is 0 Å². The zero-order valence-electron chi connectivity index (χ0n) is 13.4. The lowest BCUT2D eigenvalue weighted by Crippen LogP contribution is -2.47. The molecule has 2 aromatic carbocycles. The van der Waals surface area contributed by atoms with Crippen LogP contribution >= 0.6 is 0 Å². The van der Waals surface area contributed by atoms with Gasteiger partial charge in [0.15, 0.2) is 5.71 Å². The molecule has 24 heavy (non-hydrogen) atoms. The molecule has 122 valence electrons. The van der Waals surface area contributed by atoms with Crippen molar-refractivity contribution in [2.75, 3.05) is 11.9 Å². The number of anilines is 1. The number of para-hydroxylation sites is 1. The Morgan fingerprint density at radius 1 is 1.25 bits per heavy atom. The molecule has 0 saturated carbocycles. The predicted molar refractivity (Wildman–Crippen MR) is 90.8 cm³/mol. The van der Waals surface area contributed by atoms with E-state index in [1.807, 2.05) is 36.4 Å². The summed E-state index contributed by atoms with van der Waals surface area (Å²) in [6, 6.07) is 18.2. The van der Waals surface area contributed by atoms with Gasteiger partial charge in [-0.25, -0.2) is 4.79 Å². The van der Waals surface area contributed by atoms with Crippen molar-refractivity contribution in [3.63, 3.8) is 0 Å². The summed E-state index contributed by atoms with van der Waals surface area (Å²) in [4.78, 5) is 17.9. The van der Waals surface area contributed by atoms with Gasteiger partial charge in [0, 0.05) is 12.1 Å². The molecule has 1 N–H and O–H groups in total. The zero-order valence-corrected chi connectivity index (χ0v) is 13.4. The number of oxime groups is 1. The summed E-state index contributed by atoms with van der Waals surface area (Å²) in [6.45, 7) is 2.10. The summed E-state index contributed by atoms with van der Waals surface area (Å²) in [7, 11) is 0. The van der Waals surface area contributed by atoms with Crippen LogP contribution in [-0.4, -0.2) is 24.5 Å². The van der Waals surface area contributed by atoms with Gasteiger partial charge in [-0.2, -0.15) is 0 Å². The molecule has 0 unspecified atom stereocenters. The Kier molecular flexibility index (Phi) is 3.49. The average molecular weight is 322 g/mol. The molecular weight excluding hydrogens is 304 g/mol. The average Bonchev–Trinajstić information content (AvgIpc) is 2.97. The summed E-state index contributed by atoms with van der Waals surface area (Å²) < 4.78 is 5.13. The van der Waals surface area contributed by atoms with Crippen molar-refractivity contribution in [1.29, 1.82) is 0 Å². The fourth-order valence-electron chi connectivity index (χ4n) is 3.59. The summed E-state index contributed by atoms with van der Waals surface area (Å²) in [5.41, 5.74) is 3.02. The number of esters is 1. The Bertz CT molecular complexity index is 803. The smallest absolute Gasteiger partial charge is 0.356 e. The molecule has 2 atom stereocenters. The number of nitrogens with zero attached hydrogens (tertiary/aromatic N) is 1. The molecule has 0 bridgehead atoms. The number of ether oxygens (including phenoxy) is 1. The van der Waals surface area contributed by atoms with Crippen molar-refractivity contribution in [2.24, 2.45) is 5.16 Å². The van der Waals surface area contributed by atoms with Crippen LogP contribution in [0.1, 0.15) is 24.5 Å². The lowest BCUT2D eigenvalue weighted by atomic mass is 9.70. The van der Waals surface area contributed by atoms with Gasteiger partial charge in [-0.1, -0.05) is 53.7 Å². The third-order valence-corrected chi connectivity index (χ3v) is 4.66.